The highest BCUT2D eigenvalue weighted by Crippen LogP contribution is 2.29. The number of rotatable bonds is 3. The maximum absolute atomic E-state index is 12.5. The van der Waals surface area contributed by atoms with Gasteiger partial charge in [-0.2, -0.15) is 10.5 Å². The normalized spacial score (nSPS) is 9.62. The summed E-state index contributed by atoms with van der Waals surface area (Å²) in [5.74, 6) is -0.112. The summed E-state index contributed by atoms with van der Waals surface area (Å²) < 4.78 is 29.8. The van der Waals surface area contributed by atoms with E-state index in [4.69, 9.17) is 15.3 Å². The predicted octanol–water partition coefficient (Wildman–Crippen LogP) is 1.97. The Labute approximate surface area is 90.7 Å². The molecule has 0 unspecified atom stereocenters. The number of aromatic nitrogens is 1. The van der Waals surface area contributed by atoms with Crippen molar-refractivity contribution in [2.45, 2.75) is 12.8 Å². The number of methoxy groups -OCH3 is 1. The van der Waals surface area contributed by atoms with Gasteiger partial charge in [-0.1, -0.05) is 0 Å². The standard InChI is InChI=1S/C10H7F2N3O/c1-16-8-4-6(2-3-13)7(5-14)15-9(8)10(11)12/h4,10H,2H2,1H3. The predicted molar refractivity (Wildman–Crippen MR) is 49.8 cm³/mol. The molecule has 0 N–H and O–H groups in total. The van der Waals surface area contributed by atoms with Gasteiger partial charge in [-0.3, -0.25) is 0 Å². The van der Waals surface area contributed by atoms with Crippen molar-refractivity contribution in [3.8, 4) is 17.9 Å². The molecule has 82 valence electrons. The minimum absolute atomic E-state index is 0.0736. The molecule has 0 amide bonds. The van der Waals surface area contributed by atoms with Crippen LogP contribution in [0.3, 0.4) is 0 Å². The molecule has 0 aromatic carbocycles. The number of ether oxygens (including phenoxy) is 1. The first-order valence-corrected chi connectivity index (χ1v) is 4.27. The zero-order chi connectivity index (χ0) is 12.1. The lowest BCUT2D eigenvalue weighted by Gasteiger charge is -2.09. The SMILES string of the molecule is COc1cc(CC#N)c(C#N)nc1C(F)F. The molecule has 1 heterocycles. The van der Waals surface area contributed by atoms with Crippen molar-refractivity contribution in [3.63, 3.8) is 0 Å². The van der Waals surface area contributed by atoms with Gasteiger partial charge < -0.3 is 4.74 Å². The third-order valence-electron chi connectivity index (χ3n) is 1.90. The number of nitriles is 2. The maximum Gasteiger partial charge on any atom is 0.284 e. The molecule has 0 aliphatic rings. The van der Waals surface area contributed by atoms with Gasteiger partial charge in [-0.25, -0.2) is 13.8 Å². The molecule has 0 spiro atoms. The van der Waals surface area contributed by atoms with E-state index < -0.39 is 12.1 Å². The average molecular weight is 223 g/mol. The third-order valence-corrected chi connectivity index (χ3v) is 1.90. The second-order valence-electron chi connectivity index (χ2n) is 2.83. The molecule has 0 aliphatic carbocycles. The van der Waals surface area contributed by atoms with Crippen molar-refractivity contribution >= 4 is 0 Å². The number of nitrogens with zero attached hydrogens (tertiary/aromatic N) is 3. The van der Waals surface area contributed by atoms with Gasteiger partial charge in [0, 0.05) is 5.56 Å². The quantitative estimate of drug-likeness (QED) is 0.785. The molecule has 0 atom stereocenters. The van der Waals surface area contributed by atoms with Gasteiger partial charge in [0.25, 0.3) is 6.43 Å². The molecule has 0 fully saturated rings. The number of pyridine rings is 1. The summed E-state index contributed by atoms with van der Waals surface area (Å²) in [4.78, 5) is 3.49. The second-order valence-corrected chi connectivity index (χ2v) is 2.83. The van der Waals surface area contributed by atoms with Crippen molar-refractivity contribution in [2.24, 2.45) is 0 Å². The van der Waals surface area contributed by atoms with E-state index in [0.717, 1.165) is 0 Å². The van der Waals surface area contributed by atoms with Crippen molar-refractivity contribution in [3.05, 3.63) is 23.0 Å². The van der Waals surface area contributed by atoms with Crippen molar-refractivity contribution < 1.29 is 13.5 Å². The van der Waals surface area contributed by atoms with E-state index in [1.54, 1.807) is 6.07 Å². The van der Waals surface area contributed by atoms with Crippen molar-refractivity contribution in [2.75, 3.05) is 7.11 Å². The van der Waals surface area contributed by atoms with Crippen LogP contribution in [0, 0.1) is 22.7 Å². The Morgan fingerprint density at radius 3 is 2.62 bits per heavy atom. The molecule has 0 aliphatic heterocycles. The van der Waals surface area contributed by atoms with Crippen LogP contribution in [0.1, 0.15) is 23.4 Å². The van der Waals surface area contributed by atoms with Gasteiger partial charge >= 0.3 is 0 Å². The summed E-state index contributed by atoms with van der Waals surface area (Å²) in [5.41, 5.74) is -0.468. The zero-order valence-electron chi connectivity index (χ0n) is 8.37. The Morgan fingerprint density at radius 2 is 2.19 bits per heavy atom. The molecule has 0 saturated carbocycles. The molecule has 1 aromatic heterocycles. The van der Waals surface area contributed by atoms with Crippen molar-refractivity contribution in [1.82, 2.24) is 4.98 Å². The summed E-state index contributed by atoms with van der Waals surface area (Å²) in [7, 11) is 1.23. The lowest BCUT2D eigenvalue weighted by molar-refractivity contribution is 0.141. The Balaban J connectivity index is 3.36. The molecule has 1 aromatic rings. The van der Waals surface area contributed by atoms with E-state index in [1.165, 1.54) is 13.2 Å². The summed E-state index contributed by atoms with van der Waals surface area (Å²) in [6.45, 7) is 0. The van der Waals surface area contributed by atoms with Crippen LogP contribution in [-0.2, 0) is 6.42 Å². The van der Waals surface area contributed by atoms with Crippen LogP contribution in [0.15, 0.2) is 6.07 Å². The molecule has 6 heteroatoms. The highest BCUT2D eigenvalue weighted by molar-refractivity contribution is 5.42. The highest BCUT2D eigenvalue weighted by atomic mass is 19.3. The molecular weight excluding hydrogens is 216 g/mol. The smallest absolute Gasteiger partial charge is 0.284 e. The fourth-order valence-electron chi connectivity index (χ4n) is 1.18. The minimum atomic E-state index is -2.82. The molecular formula is C10H7F2N3O. The number of hydrogen-bond acceptors (Lipinski definition) is 4. The van der Waals surface area contributed by atoms with Gasteiger partial charge in [0.1, 0.15) is 23.2 Å². The van der Waals surface area contributed by atoms with Crippen LogP contribution in [-0.4, -0.2) is 12.1 Å². The first-order chi connectivity index (χ1) is 7.63. The van der Waals surface area contributed by atoms with Crippen LogP contribution >= 0.6 is 0 Å². The summed E-state index contributed by atoms with van der Waals surface area (Å²) in [5, 5.41) is 17.2. The minimum Gasteiger partial charge on any atom is -0.495 e. The largest absolute Gasteiger partial charge is 0.495 e. The molecule has 0 radical (unpaired) electrons. The Morgan fingerprint density at radius 1 is 1.50 bits per heavy atom. The van der Waals surface area contributed by atoms with Crippen LogP contribution in [0.2, 0.25) is 0 Å². The van der Waals surface area contributed by atoms with Gasteiger partial charge in [0.05, 0.1) is 19.6 Å². The number of halogens is 2. The fraction of sp³-hybridized carbons (Fsp3) is 0.300. The average Bonchev–Trinajstić information content (AvgIpc) is 2.28. The number of hydrogen-bond donors (Lipinski definition) is 0. The van der Waals surface area contributed by atoms with E-state index in [9.17, 15) is 8.78 Å². The molecule has 1 rings (SSSR count). The van der Waals surface area contributed by atoms with Crippen molar-refractivity contribution in [1.29, 1.82) is 10.5 Å². The second kappa shape index (κ2) is 5.04. The molecule has 0 saturated heterocycles. The molecule has 16 heavy (non-hydrogen) atoms. The zero-order valence-corrected chi connectivity index (χ0v) is 8.37. The van der Waals surface area contributed by atoms with Crippen LogP contribution < -0.4 is 4.74 Å². The van der Waals surface area contributed by atoms with Crippen LogP contribution in [0.4, 0.5) is 8.78 Å². The topological polar surface area (TPSA) is 69.7 Å². The van der Waals surface area contributed by atoms with E-state index >= 15 is 0 Å². The van der Waals surface area contributed by atoms with Crippen LogP contribution in [0.25, 0.3) is 0 Å². The Kier molecular flexibility index (Phi) is 3.73. The molecule has 0 bridgehead atoms. The summed E-state index contributed by atoms with van der Waals surface area (Å²) >= 11 is 0. The van der Waals surface area contributed by atoms with E-state index in [0.29, 0.717) is 0 Å². The highest BCUT2D eigenvalue weighted by Gasteiger charge is 2.19. The number of alkyl halides is 2. The lowest BCUT2D eigenvalue weighted by atomic mass is 10.1. The third kappa shape index (κ3) is 2.23. The van der Waals surface area contributed by atoms with Gasteiger partial charge in [0.15, 0.2) is 0 Å². The Hall–Kier alpha value is -2.21. The Bertz CT molecular complexity index is 474. The van der Waals surface area contributed by atoms with Gasteiger partial charge in [-0.15, -0.1) is 0 Å². The van der Waals surface area contributed by atoms with E-state index in [1.807, 2.05) is 6.07 Å². The maximum atomic E-state index is 12.5. The first-order valence-electron chi connectivity index (χ1n) is 4.27. The van der Waals surface area contributed by atoms with E-state index in [-0.39, 0.29) is 23.4 Å². The first kappa shape index (κ1) is 11.9. The molecule has 4 nitrogen and oxygen atoms in total. The monoisotopic (exact) mass is 223 g/mol. The van der Waals surface area contributed by atoms with Gasteiger partial charge in [-0.05, 0) is 6.07 Å². The van der Waals surface area contributed by atoms with Gasteiger partial charge in [0.2, 0.25) is 0 Å². The summed E-state index contributed by atoms with van der Waals surface area (Å²) in [6, 6.07) is 4.75. The van der Waals surface area contributed by atoms with Crippen LogP contribution in [0.5, 0.6) is 5.75 Å². The lowest BCUT2D eigenvalue weighted by Crippen LogP contribution is -2.02. The van der Waals surface area contributed by atoms with E-state index in [2.05, 4.69) is 4.98 Å². The fourth-order valence-corrected chi connectivity index (χ4v) is 1.18. The summed E-state index contributed by atoms with van der Waals surface area (Å²) in [6.07, 6.45) is -2.89.